The molecule has 208 valence electrons. The van der Waals surface area contributed by atoms with E-state index in [0.717, 1.165) is 36.1 Å². The number of aryl methyl sites for hydroxylation is 1. The first-order valence-electron chi connectivity index (χ1n) is 12.9. The van der Waals surface area contributed by atoms with Gasteiger partial charge in [0.15, 0.2) is 0 Å². The zero-order chi connectivity index (χ0) is 28.5. The van der Waals surface area contributed by atoms with E-state index in [4.69, 9.17) is 14.2 Å². The molecule has 0 bridgehead atoms. The first kappa shape index (κ1) is 28.5. The Kier molecular flexibility index (Phi) is 9.63. The smallest absolute Gasteiger partial charge is 0.343 e. The summed E-state index contributed by atoms with van der Waals surface area (Å²) in [6, 6.07) is 13.1. The van der Waals surface area contributed by atoms with Crippen molar-refractivity contribution in [1.82, 2.24) is 5.43 Å². The van der Waals surface area contributed by atoms with Crippen LogP contribution in [0.25, 0.3) is 0 Å². The van der Waals surface area contributed by atoms with Gasteiger partial charge in [-0.1, -0.05) is 0 Å². The highest BCUT2D eigenvalue weighted by molar-refractivity contribution is 7.17. The predicted molar refractivity (Wildman–Crippen MR) is 150 cm³/mol. The maximum atomic E-state index is 12.5. The summed E-state index contributed by atoms with van der Waals surface area (Å²) < 4.78 is 15.9. The van der Waals surface area contributed by atoms with E-state index < -0.39 is 23.8 Å². The number of thiophene rings is 1. The zero-order valence-electron chi connectivity index (χ0n) is 22.2. The largest absolute Gasteiger partial charge is 0.494 e. The van der Waals surface area contributed by atoms with Crippen LogP contribution in [0.2, 0.25) is 0 Å². The van der Waals surface area contributed by atoms with Crippen molar-refractivity contribution in [1.29, 1.82) is 0 Å². The fourth-order valence-corrected chi connectivity index (χ4v) is 5.36. The number of carbonyl (C=O) groups excluding carboxylic acids is 4. The molecule has 0 radical (unpaired) electrons. The molecule has 0 spiro atoms. The van der Waals surface area contributed by atoms with Crippen LogP contribution in [-0.4, -0.2) is 43.2 Å². The van der Waals surface area contributed by atoms with E-state index in [9.17, 15) is 19.2 Å². The van der Waals surface area contributed by atoms with Gasteiger partial charge in [-0.05, 0) is 99.2 Å². The van der Waals surface area contributed by atoms with Gasteiger partial charge in [0, 0.05) is 4.88 Å². The summed E-state index contributed by atoms with van der Waals surface area (Å²) in [6.07, 6.45) is 4.84. The molecule has 0 saturated heterocycles. The molecule has 1 aliphatic carbocycles. The van der Waals surface area contributed by atoms with Crippen LogP contribution in [0.3, 0.4) is 0 Å². The van der Waals surface area contributed by atoms with Gasteiger partial charge in [-0.2, -0.15) is 5.10 Å². The third-order valence-electron chi connectivity index (χ3n) is 5.96. The maximum Gasteiger partial charge on any atom is 0.343 e. The molecule has 3 aromatic rings. The third-order valence-corrected chi connectivity index (χ3v) is 7.16. The minimum atomic E-state index is -0.988. The number of fused-ring (bicyclic) bond motifs is 1. The van der Waals surface area contributed by atoms with Gasteiger partial charge in [-0.3, -0.25) is 9.59 Å². The Morgan fingerprint density at radius 3 is 2.27 bits per heavy atom. The van der Waals surface area contributed by atoms with Gasteiger partial charge >= 0.3 is 23.8 Å². The minimum Gasteiger partial charge on any atom is -0.494 e. The Balaban J connectivity index is 1.31. The summed E-state index contributed by atoms with van der Waals surface area (Å²) in [7, 11) is 0. The molecule has 0 fully saturated rings. The lowest BCUT2D eigenvalue weighted by molar-refractivity contribution is -0.136. The molecule has 0 aliphatic heterocycles. The van der Waals surface area contributed by atoms with Crippen LogP contribution in [0.15, 0.2) is 53.6 Å². The summed E-state index contributed by atoms with van der Waals surface area (Å²) in [4.78, 5) is 50.8. The highest BCUT2D eigenvalue weighted by Crippen LogP contribution is 2.38. The minimum absolute atomic E-state index is 0.207. The quantitative estimate of drug-likeness (QED) is 0.129. The Morgan fingerprint density at radius 2 is 1.57 bits per heavy atom. The fraction of sp³-hybridized carbons (Fsp3) is 0.276. The molecule has 2 N–H and O–H groups in total. The number of ether oxygens (including phenoxy) is 3. The van der Waals surface area contributed by atoms with Gasteiger partial charge in [0.05, 0.1) is 30.6 Å². The van der Waals surface area contributed by atoms with Crippen molar-refractivity contribution in [2.45, 2.75) is 39.5 Å². The van der Waals surface area contributed by atoms with Crippen LogP contribution in [0.5, 0.6) is 11.5 Å². The van der Waals surface area contributed by atoms with Crippen LogP contribution in [-0.2, 0) is 27.2 Å². The highest BCUT2D eigenvalue weighted by Gasteiger charge is 2.28. The second-order valence-corrected chi connectivity index (χ2v) is 9.81. The number of nitrogens with one attached hydrogen (secondary N) is 2. The molecule has 2 aromatic carbocycles. The standard InChI is InChI=1S/C29H29N3O7S/c1-3-37-20-15-11-19(12-16-20)28(35)39-21-13-9-18(10-14-21)17-30-32-26(34)25(33)31-27-24(29(36)38-4-2)22-7-5-6-8-23(22)40-27/h9-17H,3-8H2,1-2H3,(H,31,33)(H,32,34). The topological polar surface area (TPSA) is 132 Å². The predicted octanol–water partition coefficient (Wildman–Crippen LogP) is 4.51. The van der Waals surface area contributed by atoms with E-state index in [1.807, 2.05) is 6.92 Å². The number of rotatable bonds is 9. The number of anilines is 1. The number of benzene rings is 2. The van der Waals surface area contributed by atoms with Crippen LogP contribution in [0.1, 0.15) is 63.4 Å². The molecule has 0 atom stereocenters. The van der Waals surface area contributed by atoms with Gasteiger partial charge in [0.25, 0.3) is 0 Å². The van der Waals surface area contributed by atoms with Gasteiger partial charge in [0.1, 0.15) is 16.5 Å². The van der Waals surface area contributed by atoms with E-state index in [1.165, 1.54) is 17.6 Å². The Morgan fingerprint density at radius 1 is 0.875 bits per heavy atom. The Hall–Kier alpha value is -4.51. The molecule has 2 amide bonds. The first-order valence-corrected chi connectivity index (χ1v) is 13.7. The molecular weight excluding hydrogens is 534 g/mol. The fourth-order valence-electron chi connectivity index (χ4n) is 4.09. The average molecular weight is 564 g/mol. The normalized spacial score (nSPS) is 12.3. The summed E-state index contributed by atoms with van der Waals surface area (Å²) in [5.41, 5.74) is 4.37. The molecule has 0 unspecified atom stereocenters. The van der Waals surface area contributed by atoms with Crippen molar-refractivity contribution in [3.63, 3.8) is 0 Å². The highest BCUT2D eigenvalue weighted by atomic mass is 32.1. The number of hydrogen-bond donors (Lipinski definition) is 2. The molecular formula is C29H29N3O7S. The average Bonchev–Trinajstić information content (AvgIpc) is 3.32. The van der Waals surface area contributed by atoms with Gasteiger partial charge < -0.3 is 19.5 Å². The summed E-state index contributed by atoms with van der Waals surface area (Å²) in [5, 5.41) is 6.68. The zero-order valence-corrected chi connectivity index (χ0v) is 23.0. The van der Waals surface area contributed by atoms with Crippen molar-refractivity contribution < 1.29 is 33.4 Å². The summed E-state index contributed by atoms with van der Waals surface area (Å²) in [5.74, 6) is -1.96. The van der Waals surface area contributed by atoms with Crippen LogP contribution < -0.4 is 20.2 Å². The van der Waals surface area contributed by atoms with Crippen molar-refractivity contribution >= 4 is 46.3 Å². The summed E-state index contributed by atoms with van der Waals surface area (Å²) in [6.45, 7) is 4.33. The number of amides is 2. The van der Waals surface area contributed by atoms with E-state index in [1.54, 1.807) is 55.5 Å². The van der Waals surface area contributed by atoms with Gasteiger partial charge in [-0.25, -0.2) is 15.0 Å². The number of hydrogen-bond acceptors (Lipinski definition) is 9. The van der Waals surface area contributed by atoms with Gasteiger partial charge in [0.2, 0.25) is 0 Å². The lowest BCUT2D eigenvalue weighted by Crippen LogP contribution is -2.32. The molecule has 1 aliphatic rings. The Bertz CT molecular complexity index is 1410. The van der Waals surface area contributed by atoms with Crippen molar-refractivity contribution in [3.8, 4) is 11.5 Å². The van der Waals surface area contributed by atoms with E-state index in [-0.39, 0.29) is 6.61 Å². The number of esters is 2. The second kappa shape index (κ2) is 13.5. The first-order chi connectivity index (χ1) is 19.4. The summed E-state index contributed by atoms with van der Waals surface area (Å²) >= 11 is 1.30. The molecule has 10 nitrogen and oxygen atoms in total. The van der Waals surface area contributed by atoms with Gasteiger partial charge in [-0.15, -0.1) is 11.3 Å². The third kappa shape index (κ3) is 7.11. The van der Waals surface area contributed by atoms with Crippen molar-refractivity contribution in [2.75, 3.05) is 18.5 Å². The van der Waals surface area contributed by atoms with Crippen molar-refractivity contribution in [3.05, 3.63) is 75.7 Å². The lowest BCUT2D eigenvalue weighted by Gasteiger charge is -2.12. The maximum absolute atomic E-state index is 12.5. The molecule has 1 heterocycles. The number of hydrazone groups is 1. The van der Waals surface area contributed by atoms with Crippen LogP contribution in [0, 0.1) is 0 Å². The SMILES string of the molecule is CCOC(=O)c1c(NC(=O)C(=O)NN=Cc2ccc(OC(=O)c3ccc(OCC)cc3)cc2)sc2c1CCCC2. The van der Waals surface area contributed by atoms with E-state index in [2.05, 4.69) is 15.8 Å². The lowest BCUT2D eigenvalue weighted by atomic mass is 9.95. The molecule has 11 heteroatoms. The monoisotopic (exact) mass is 563 g/mol. The number of nitrogens with zero attached hydrogens (tertiary/aromatic N) is 1. The second-order valence-electron chi connectivity index (χ2n) is 8.70. The van der Waals surface area contributed by atoms with E-state index in [0.29, 0.717) is 39.8 Å². The number of carbonyl (C=O) groups is 4. The van der Waals surface area contributed by atoms with Crippen LogP contribution >= 0.6 is 11.3 Å². The van der Waals surface area contributed by atoms with Crippen LogP contribution in [0.4, 0.5) is 5.00 Å². The molecule has 40 heavy (non-hydrogen) atoms. The van der Waals surface area contributed by atoms with Crippen molar-refractivity contribution in [2.24, 2.45) is 5.10 Å². The Labute approximate surface area is 235 Å². The molecule has 1 aromatic heterocycles. The van der Waals surface area contributed by atoms with E-state index >= 15 is 0 Å². The molecule has 0 saturated carbocycles. The molecule has 4 rings (SSSR count).